The molecule has 77 heavy (non-hydrogen) atoms. The topological polar surface area (TPSA) is 111 Å². The number of phosphoric acid groups is 1. The summed E-state index contributed by atoms with van der Waals surface area (Å²) in [5.41, 5.74) is 0. The van der Waals surface area contributed by atoms with E-state index < -0.39 is 20.0 Å². The van der Waals surface area contributed by atoms with Crippen molar-refractivity contribution in [3.8, 4) is 0 Å². The summed E-state index contributed by atoms with van der Waals surface area (Å²) in [5, 5.41) is 3.06. The number of allylic oxidation sites excluding steroid dienone is 9. The molecule has 0 saturated heterocycles. The van der Waals surface area contributed by atoms with Crippen LogP contribution in [-0.4, -0.2) is 74.3 Å². The summed E-state index contributed by atoms with van der Waals surface area (Å²) in [6, 6.07) is -0.856. The third-order valence-corrected chi connectivity index (χ3v) is 15.4. The zero-order valence-corrected chi connectivity index (χ0v) is 52.3. The molecule has 0 rings (SSSR count). The normalized spacial score (nSPS) is 14.0. The molecule has 450 valence electrons. The van der Waals surface area contributed by atoms with E-state index in [1.807, 2.05) is 33.3 Å². The van der Waals surface area contributed by atoms with Crippen LogP contribution in [-0.2, 0) is 27.9 Å². The van der Waals surface area contributed by atoms with Crippen LogP contribution in [0.3, 0.4) is 0 Å². The summed E-state index contributed by atoms with van der Waals surface area (Å²) in [5.74, 6) is -0.514. The van der Waals surface area contributed by atoms with Crippen LogP contribution >= 0.6 is 7.82 Å². The number of likely N-dealkylation sites (N-methyl/N-ethyl adjacent to an activating group) is 1. The largest absolute Gasteiger partial charge is 0.472 e. The van der Waals surface area contributed by atoms with Gasteiger partial charge in [-0.3, -0.25) is 18.6 Å². The molecule has 0 aliphatic rings. The van der Waals surface area contributed by atoms with Gasteiger partial charge in [-0.25, -0.2) is 4.57 Å². The van der Waals surface area contributed by atoms with Gasteiger partial charge in [-0.05, 0) is 96.0 Å². The molecule has 0 aromatic carbocycles. The Balaban J connectivity index is 5.26. The Hall–Kier alpha value is -2.29. The fourth-order valence-electron chi connectivity index (χ4n) is 9.35. The fraction of sp³-hybridized carbons (Fsp3) is 0.821. The highest BCUT2D eigenvalue weighted by atomic mass is 31.2. The van der Waals surface area contributed by atoms with Gasteiger partial charge in [0.1, 0.15) is 19.3 Å². The number of carbonyl (C=O) groups is 2. The van der Waals surface area contributed by atoms with E-state index >= 15 is 0 Å². The molecule has 0 aromatic heterocycles. The van der Waals surface area contributed by atoms with Crippen molar-refractivity contribution < 1.29 is 37.3 Å². The SMILES string of the molecule is CCCCC/C=C\C/C=C\C/C=C\CCCCCCCCC(=O)OC(/C=C/CCCCCCCCCCCCC)C(COP(=O)(O)OCC[N+](C)(C)C)NC(=O)CCCCCCCCCCC/C=C/CCCCCCCC. The number of esters is 1. The quantitative estimate of drug-likeness (QED) is 0.0205. The molecule has 1 amide bonds. The molecule has 9 nitrogen and oxygen atoms in total. The number of hydrogen-bond donors (Lipinski definition) is 2. The van der Waals surface area contributed by atoms with Crippen molar-refractivity contribution in [2.45, 2.75) is 315 Å². The first-order valence-electron chi connectivity index (χ1n) is 32.6. The Morgan fingerprint density at radius 2 is 0.792 bits per heavy atom. The zero-order chi connectivity index (χ0) is 56.4. The smallest absolute Gasteiger partial charge is 0.456 e. The molecule has 10 heteroatoms. The van der Waals surface area contributed by atoms with Crippen molar-refractivity contribution in [1.82, 2.24) is 5.32 Å². The lowest BCUT2D eigenvalue weighted by atomic mass is 10.0. The van der Waals surface area contributed by atoms with Crippen molar-refractivity contribution in [3.63, 3.8) is 0 Å². The molecule has 2 N–H and O–H groups in total. The van der Waals surface area contributed by atoms with Gasteiger partial charge in [0.2, 0.25) is 5.91 Å². The van der Waals surface area contributed by atoms with E-state index in [1.165, 1.54) is 186 Å². The molecule has 0 saturated carbocycles. The third-order valence-electron chi connectivity index (χ3n) is 14.4. The summed E-state index contributed by atoms with van der Waals surface area (Å²) < 4.78 is 30.7. The highest BCUT2D eigenvalue weighted by Crippen LogP contribution is 2.43. The number of ether oxygens (including phenoxy) is 1. The Morgan fingerprint density at radius 3 is 1.22 bits per heavy atom. The first-order chi connectivity index (χ1) is 37.4. The fourth-order valence-corrected chi connectivity index (χ4v) is 10.1. The van der Waals surface area contributed by atoms with E-state index in [1.54, 1.807) is 0 Å². The van der Waals surface area contributed by atoms with Gasteiger partial charge in [-0.1, -0.05) is 255 Å². The summed E-state index contributed by atoms with van der Waals surface area (Å²) in [7, 11) is 1.49. The number of rotatable bonds is 59. The number of carbonyl (C=O) groups excluding carboxylic acids is 2. The van der Waals surface area contributed by atoms with Gasteiger partial charge in [0, 0.05) is 12.8 Å². The number of quaternary nitrogens is 1. The lowest BCUT2D eigenvalue weighted by molar-refractivity contribution is -0.870. The predicted octanol–water partition coefficient (Wildman–Crippen LogP) is 20.2. The third kappa shape index (κ3) is 58.2. The lowest BCUT2D eigenvalue weighted by Crippen LogP contribution is -2.47. The van der Waals surface area contributed by atoms with Gasteiger partial charge < -0.3 is 19.4 Å². The van der Waals surface area contributed by atoms with Gasteiger partial charge in [0.25, 0.3) is 0 Å². The number of nitrogens with one attached hydrogen (secondary N) is 1. The van der Waals surface area contributed by atoms with Crippen molar-refractivity contribution in [1.29, 1.82) is 0 Å². The van der Waals surface area contributed by atoms with Gasteiger partial charge in [0.15, 0.2) is 0 Å². The maximum absolute atomic E-state index is 13.6. The van der Waals surface area contributed by atoms with Crippen molar-refractivity contribution in [3.05, 3.63) is 60.8 Å². The van der Waals surface area contributed by atoms with Gasteiger partial charge in [-0.15, -0.1) is 0 Å². The Bertz CT molecular complexity index is 1500. The highest BCUT2D eigenvalue weighted by Gasteiger charge is 2.30. The van der Waals surface area contributed by atoms with E-state index in [2.05, 4.69) is 74.7 Å². The number of amides is 1. The number of hydrogen-bond acceptors (Lipinski definition) is 6. The van der Waals surface area contributed by atoms with Gasteiger partial charge in [-0.2, -0.15) is 0 Å². The molecular weight excluding hydrogens is 976 g/mol. The molecule has 0 aliphatic heterocycles. The molecule has 3 unspecified atom stereocenters. The minimum atomic E-state index is -4.45. The molecule has 0 bridgehead atoms. The Kier molecular flexibility index (Phi) is 55.3. The first kappa shape index (κ1) is 74.7. The Morgan fingerprint density at radius 1 is 0.455 bits per heavy atom. The summed E-state index contributed by atoms with van der Waals surface area (Å²) >= 11 is 0. The summed E-state index contributed by atoms with van der Waals surface area (Å²) in [6.07, 6.45) is 72.1. The molecule has 3 atom stereocenters. The van der Waals surface area contributed by atoms with Crippen LogP contribution in [0.1, 0.15) is 303 Å². The van der Waals surface area contributed by atoms with Crippen molar-refractivity contribution in [2.75, 3.05) is 40.9 Å². The molecule has 0 aromatic rings. The van der Waals surface area contributed by atoms with Gasteiger partial charge in [0.05, 0.1) is 33.8 Å². The Labute approximate surface area is 477 Å². The first-order valence-corrected chi connectivity index (χ1v) is 34.1. The second-order valence-electron chi connectivity index (χ2n) is 23.3. The van der Waals surface area contributed by atoms with E-state index in [4.69, 9.17) is 13.8 Å². The standard InChI is InChI=1S/C67H125N2O7P/c1-7-10-13-16-19-22-25-28-30-32-34-36-38-41-44-47-50-53-56-59-66(70)68-64(63-75-77(72,73)74-62-61-69(4,5)6)65(58-55-52-49-46-43-40-27-24-21-18-15-12-9-3)76-67(71)60-57-54-51-48-45-42-39-37-35-33-31-29-26-23-20-17-14-11-8-2/h20,23,28-31,35,37,55,58,64-65H,7-19,21-22,24-27,32-34,36,38-54,56-57,59-63H2,1-6H3,(H-,68,70,72,73)/p+1/b23-20-,30-28+,31-29-,37-35-,58-55+. The molecular formula is C67H126N2O7P+. The van der Waals surface area contributed by atoms with Crippen LogP contribution in [0.25, 0.3) is 0 Å². The lowest BCUT2D eigenvalue weighted by Gasteiger charge is -2.27. The number of phosphoric ester groups is 1. The van der Waals surface area contributed by atoms with E-state index in [9.17, 15) is 19.0 Å². The second-order valence-corrected chi connectivity index (χ2v) is 24.7. The summed E-state index contributed by atoms with van der Waals surface area (Å²) in [6.45, 7) is 7.00. The van der Waals surface area contributed by atoms with Crippen molar-refractivity contribution >= 4 is 19.7 Å². The molecule has 0 spiro atoms. The molecule has 0 radical (unpaired) electrons. The highest BCUT2D eigenvalue weighted by molar-refractivity contribution is 7.47. The monoisotopic (exact) mass is 1100 g/mol. The van der Waals surface area contributed by atoms with E-state index in [0.29, 0.717) is 17.4 Å². The zero-order valence-electron chi connectivity index (χ0n) is 51.5. The minimum Gasteiger partial charge on any atom is -0.456 e. The van der Waals surface area contributed by atoms with Crippen LogP contribution in [0.15, 0.2) is 60.8 Å². The van der Waals surface area contributed by atoms with Crippen LogP contribution in [0.2, 0.25) is 0 Å². The van der Waals surface area contributed by atoms with E-state index in [0.717, 1.165) is 83.5 Å². The average molecular weight is 1100 g/mol. The van der Waals surface area contributed by atoms with Gasteiger partial charge >= 0.3 is 13.8 Å². The summed E-state index contributed by atoms with van der Waals surface area (Å²) in [4.78, 5) is 37.8. The maximum Gasteiger partial charge on any atom is 0.472 e. The maximum atomic E-state index is 13.6. The molecule has 0 fully saturated rings. The predicted molar refractivity (Wildman–Crippen MR) is 332 cm³/mol. The number of unbranched alkanes of at least 4 members (excludes halogenated alkanes) is 35. The van der Waals surface area contributed by atoms with E-state index in [-0.39, 0.29) is 31.5 Å². The van der Waals surface area contributed by atoms with Crippen molar-refractivity contribution in [2.24, 2.45) is 0 Å². The van der Waals surface area contributed by atoms with Crippen LogP contribution < -0.4 is 5.32 Å². The average Bonchev–Trinajstić information content (AvgIpc) is 3.39. The molecule has 0 heterocycles. The van der Waals surface area contributed by atoms with Crippen LogP contribution in [0, 0.1) is 0 Å². The minimum absolute atomic E-state index is 0.0369. The van der Waals surface area contributed by atoms with Crippen LogP contribution in [0.4, 0.5) is 0 Å². The molecule has 0 aliphatic carbocycles. The second kappa shape index (κ2) is 57.0. The number of nitrogens with zero attached hydrogens (tertiary/aromatic N) is 1. The van der Waals surface area contributed by atoms with Crippen LogP contribution in [0.5, 0.6) is 0 Å².